The Hall–Kier alpha value is -2.11. The number of aromatic nitrogens is 4. The number of hydrogen-bond acceptors (Lipinski definition) is 5. The standard InChI is InChI=1S/C16H24N6/c1-4-9-22-14(7-8-17-22)19-15-12(2)13(3)18-16(20-15)21-10-5-6-11-21/h7-8H,4-6,9-11H2,1-3H3,(H,18,19,20). The van der Waals surface area contributed by atoms with Gasteiger partial charge in [-0.25, -0.2) is 9.67 Å². The molecule has 0 aliphatic carbocycles. The summed E-state index contributed by atoms with van der Waals surface area (Å²) in [7, 11) is 0. The fraction of sp³-hybridized carbons (Fsp3) is 0.562. The first kappa shape index (κ1) is 14.8. The van der Waals surface area contributed by atoms with Crippen LogP contribution in [0.25, 0.3) is 0 Å². The molecule has 1 aliphatic heterocycles. The van der Waals surface area contributed by atoms with Crippen molar-refractivity contribution in [1.29, 1.82) is 0 Å². The first-order chi connectivity index (χ1) is 10.7. The lowest BCUT2D eigenvalue weighted by Gasteiger charge is -2.19. The van der Waals surface area contributed by atoms with Gasteiger partial charge in [-0.3, -0.25) is 0 Å². The number of nitrogens with one attached hydrogen (secondary N) is 1. The molecule has 3 rings (SSSR count). The Labute approximate surface area is 131 Å². The van der Waals surface area contributed by atoms with Crippen molar-refractivity contribution in [2.75, 3.05) is 23.3 Å². The highest BCUT2D eigenvalue weighted by Crippen LogP contribution is 2.24. The number of rotatable bonds is 5. The maximum absolute atomic E-state index is 4.75. The largest absolute Gasteiger partial charge is 0.341 e. The second-order valence-corrected chi connectivity index (χ2v) is 5.84. The predicted octanol–water partition coefficient (Wildman–Crippen LogP) is 3.04. The van der Waals surface area contributed by atoms with E-state index in [9.17, 15) is 0 Å². The van der Waals surface area contributed by atoms with E-state index in [2.05, 4.69) is 34.1 Å². The average molecular weight is 300 g/mol. The number of aryl methyl sites for hydroxylation is 2. The normalized spacial score (nSPS) is 14.6. The molecule has 0 aromatic carbocycles. The molecule has 1 aliphatic rings. The van der Waals surface area contributed by atoms with E-state index in [0.717, 1.165) is 54.9 Å². The minimum Gasteiger partial charge on any atom is -0.341 e. The molecule has 0 spiro atoms. The fourth-order valence-corrected chi connectivity index (χ4v) is 2.74. The second-order valence-electron chi connectivity index (χ2n) is 5.84. The molecule has 0 atom stereocenters. The number of hydrogen-bond donors (Lipinski definition) is 1. The second kappa shape index (κ2) is 6.34. The van der Waals surface area contributed by atoms with Crippen LogP contribution in [0.1, 0.15) is 37.4 Å². The van der Waals surface area contributed by atoms with Gasteiger partial charge in [-0.2, -0.15) is 10.1 Å². The highest BCUT2D eigenvalue weighted by molar-refractivity contribution is 5.59. The van der Waals surface area contributed by atoms with Gasteiger partial charge in [-0.1, -0.05) is 6.92 Å². The Kier molecular flexibility index (Phi) is 4.27. The van der Waals surface area contributed by atoms with E-state index >= 15 is 0 Å². The lowest BCUT2D eigenvalue weighted by atomic mass is 10.2. The molecule has 2 aromatic rings. The average Bonchev–Trinajstić information content (AvgIpc) is 3.16. The summed E-state index contributed by atoms with van der Waals surface area (Å²) in [6.45, 7) is 9.26. The van der Waals surface area contributed by atoms with Crippen LogP contribution in [0.5, 0.6) is 0 Å². The molecule has 22 heavy (non-hydrogen) atoms. The highest BCUT2D eigenvalue weighted by Gasteiger charge is 2.18. The Morgan fingerprint density at radius 2 is 1.95 bits per heavy atom. The minimum atomic E-state index is 0.838. The topological polar surface area (TPSA) is 58.9 Å². The van der Waals surface area contributed by atoms with E-state index in [1.54, 1.807) is 0 Å². The van der Waals surface area contributed by atoms with Crippen molar-refractivity contribution >= 4 is 17.6 Å². The van der Waals surface area contributed by atoms with Crippen LogP contribution in [0.15, 0.2) is 12.3 Å². The predicted molar refractivity (Wildman–Crippen MR) is 88.8 cm³/mol. The molecule has 0 bridgehead atoms. The fourth-order valence-electron chi connectivity index (χ4n) is 2.74. The summed E-state index contributed by atoms with van der Waals surface area (Å²) in [6.07, 6.45) is 5.32. The molecule has 1 saturated heterocycles. The molecule has 0 saturated carbocycles. The molecule has 118 valence electrons. The highest BCUT2D eigenvalue weighted by atomic mass is 15.3. The van der Waals surface area contributed by atoms with Crippen molar-refractivity contribution in [3.63, 3.8) is 0 Å². The van der Waals surface area contributed by atoms with Crippen molar-refractivity contribution in [3.8, 4) is 0 Å². The summed E-state index contributed by atoms with van der Waals surface area (Å²) in [5.41, 5.74) is 2.12. The number of nitrogens with zero attached hydrogens (tertiary/aromatic N) is 5. The van der Waals surface area contributed by atoms with Gasteiger partial charge in [0.05, 0.1) is 6.20 Å². The van der Waals surface area contributed by atoms with Crippen LogP contribution in [0.3, 0.4) is 0 Å². The van der Waals surface area contributed by atoms with Crippen molar-refractivity contribution < 1.29 is 0 Å². The van der Waals surface area contributed by atoms with Crippen LogP contribution in [0.4, 0.5) is 17.6 Å². The van der Waals surface area contributed by atoms with Gasteiger partial charge in [-0.15, -0.1) is 0 Å². The van der Waals surface area contributed by atoms with E-state index < -0.39 is 0 Å². The van der Waals surface area contributed by atoms with E-state index in [-0.39, 0.29) is 0 Å². The van der Waals surface area contributed by atoms with Crippen LogP contribution in [-0.4, -0.2) is 32.8 Å². The first-order valence-electron chi connectivity index (χ1n) is 8.08. The summed E-state index contributed by atoms with van der Waals surface area (Å²) in [4.78, 5) is 11.7. The van der Waals surface area contributed by atoms with E-state index in [4.69, 9.17) is 4.98 Å². The van der Waals surface area contributed by atoms with Crippen LogP contribution in [0.2, 0.25) is 0 Å². The molecule has 1 fully saturated rings. The molecule has 3 heterocycles. The van der Waals surface area contributed by atoms with Gasteiger partial charge in [0.25, 0.3) is 0 Å². The molecule has 6 nitrogen and oxygen atoms in total. The maximum atomic E-state index is 4.75. The van der Waals surface area contributed by atoms with Crippen molar-refractivity contribution in [2.24, 2.45) is 0 Å². The lowest BCUT2D eigenvalue weighted by molar-refractivity contribution is 0.610. The monoisotopic (exact) mass is 300 g/mol. The first-order valence-corrected chi connectivity index (χ1v) is 8.08. The molecular formula is C16H24N6. The Morgan fingerprint density at radius 3 is 2.68 bits per heavy atom. The van der Waals surface area contributed by atoms with Gasteiger partial charge in [0.1, 0.15) is 11.6 Å². The summed E-state index contributed by atoms with van der Waals surface area (Å²) in [5, 5.41) is 7.79. The van der Waals surface area contributed by atoms with Crippen LogP contribution < -0.4 is 10.2 Å². The van der Waals surface area contributed by atoms with Crippen molar-refractivity contribution in [1.82, 2.24) is 19.7 Å². The summed E-state index contributed by atoms with van der Waals surface area (Å²) in [6, 6.07) is 1.99. The Morgan fingerprint density at radius 1 is 1.18 bits per heavy atom. The summed E-state index contributed by atoms with van der Waals surface area (Å²) < 4.78 is 1.98. The lowest BCUT2D eigenvalue weighted by Crippen LogP contribution is -2.21. The third kappa shape index (κ3) is 2.91. The van der Waals surface area contributed by atoms with Crippen molar-refractivity contribution in [2.45, 2.75) is 46.6 Å². The zero-order valence-corrected chi connectivity index (χ0v) is 13.6. The van der Waals surface area contributed by atoms with E-state index in [0.29, 0.717) is 0 Å². The van der Waals surface area contributed by atoms with E-state index in [1.165, 1.54) is 12.8 Å². The molecule has 0 radical (unpaired) electrons. The smallest absolute Gasteiger partial charge is 0.227 e. The number of anilines is 3. The quantitative estimate of drug-likeness (QED) is 0.919. The van der Waals surface area contributed by atoms with Gasteiger partial charge in [0.15, 0.2) is 0 Å². The van der Waals surface area contributed by atoms with Gasteiger partial charge >= 0.3 is 0 Å². The van der Waals surface area contributed by atoms with Gasteiger partial charge in [0, 0.05) is 37.0 Å². The molecule has 2 aromatic heterocycles. The molecule has 1 N–H and O–H groups in total. The van der Waals surface area contributed by atoms with Gasteiger partial charge < -0.3 is 10.2 Å². The third-order valence-corrected chi connectivity index (χ3v) is 4.16. The van der Waals surface area contributed by atoms with E-state index in [1.807, 2.05) is 23.9 Å². The van der Waals surface area contributed by atoms with Crippen LogP contribution >= 0.6 is 0 Å². The van der Waals surface area contributed by atoms with Gasteiger partial charge in [0.2, 0.25) is 5.95 Å². The molecule has 0 unspecified atom stereocenters. The Balaban J connectivity index is 1.90. The van der Waals surface area contributed by atoms with Crippen molar-refractivity contribution in [3.05, 3.63) is 23.5 Å². The molecule has 6 heteroatoms. The van der Waals surface area contributed by atoms with Crippen LogP contribution in [-0.2, 0) is 6.54 Å². The Bertz CT molecular complexity index is 642. The van der Waals surface area contributed by atoms with Gasteiger partial charge in [-0.05, 0) is 33.1 Å². The maximum Gasteiger partial charge on any atom is 0.227 e. The minimum absolute atomic E-state index is 0.838. The molecular weight excluding hydrogens is 276 g/mol. The molecule has 0 amide bonds. The summed E-state index contributed by atoms with van der Waals surface area (Å²) >= 11 is 0. The van der Waals surface area contributed by atoms with Crippen LogP contribution in [0, 0.1) is 13.8 Å². The SMILES string of the molecule is CCCn1nccc1Nc1nc(N2CCCC2)nc(C)c1C. The third-order valence-electron chi connectivity index (χ3n) is 4.16. The summed E-state index contributed by atoms with van der Waals surface area (Å²) in [5.74, 6) is 2.70. The zero-order chi connectivity index (χ0) is 15.5. The zero-order valence-electron chi connectivity index (χ0n) is 13.6.